The second kappa shape index (κ2) is 5.10. The van der Waals surface area contributed by atoms with Crippen molar-refractivity contribution < 1.29 is 0 Å². The van der Waals surface area contributed by atoms with Gasteiger partial charge >= 0.3 is 0 Å². The van der Waals surface area contributed by atoms with E-state index in [1.165, 1.54) is 16.6 Å². The van der Waals surface area contributed by atoms with E-state index in [1.54, 1.807) is 29.9 Å². The molecular weight excluding hydrogens is 278 g/mol. The van der Waals surface area contributed by atoms with Crippen LogP contribution >= 0.6 is 23.1 Å². The average molecular weight is 289 g/mol. The lowest BCUT2D eigenvalue weighted by molar-refractivity contribution is 1.04. The van der Waals surface area contributed by atoms with E-state index in [9.17, 15) is 0 Å². The number of aromatic nitrogens is 4. The number of nitrogens with zero attached hydrogens (tertiary/aromatic N) is 4. The molecule has 0 radical (unpaired) electrons. The van der Waals surface area contributed by atoms with Crippen LogP contribution in [-0.2, 0) is 6.42 Å². The Morgan fingerprint density at radius 3 is 2.95 bits per heavy atom. The first-order chi connectivity index (χ1) is 9.26. The van der Waals surface area contributed by atoms with Crippen molar-refractivity contribution in [2.75, 3.05) is 5.73 Å². The number of nitrogen functional groups attached to an aromatic ring is 1. The molecule has 5 nitrogen and oxygen atoms in total. The highest BCUT2D eigenvalue weighted by atomic mass is 32.2. The maximum atomic E-state index is 5.76. The summed E-state index contributed by atoms with van der Waals surface area (Å²) in [4.78, 5) is 19.1. The van der Waals surface area contributed by atoms with Crippen LogP contribution in [0.1, 0.15) is 11.8 Å². The molecule has 19 heavy (non-hydrogen) atoms. The smallest absolute Gasteiger partial charge is 0.222 e. The minimum atomic E-state index is 0.295. The third-order valence-electron chi connectivity index (χ3n) is 2.52. The molecule has 0 aliphatic rings. The maximum absolute atomic E-state index is 5.76. The van der Waals surface area contributed by atoms with Crippen molar-refractivity contribution in [1.82, 2.24) is 19.9 Å². The topological polar surface area (TPSA) is 77.6 Å². The standard InChI is InChI=1S/C12H11N5S2/c1-2-7-5-8-10(18-7)16-12(13)17-11(8)19-9-6-14-3-4-15-9/h3-6H,2H2,1H3,(H2,13,16,17). The summed E-state index contributed by atoms with van der Waals surface area (Å²) in [7, 11) is 0. The van der Waals surface area contributed by atoms with Crippen molar-refractivity contribution in [3.8, 4) is 0 Å². The van der Waals surface area contributed by atoms with Gasteiger partial charge in [-0.2, -0.15) is 0 Å². The van der Waals surface area contributed by atoms with Crippen LogP contribution in [0.25, 0.3) is 10.2 Å². The van der Waals surface area contributed by atoms with Crippen molar-refractivity contribution in [3.05, 3.63) is 29.5 Å². The van der Waals surface area contributed by atoms with Gasteiger partial charge < -0.3 is 5.73 Å². The second-order valence-corrected chi connectivity index (χ2v) is 5.94. The number of rotatable bonds is 3. The molecule has 3 aromatic rings. The fourth-order valence-corrected chi connectivity index (χ4v) is 3.52. The molecule has 2 N–H and O–H groups in total. The zero-order chi connectivity index (χ0) is 13.2. The molecular formula is C12H11N5S2. The summed E-state index contributed by atoms with van der Waals surface area (Å²) in [5.74, 6) is 0.295. The molecule has 3 heterocycles. The molecule has 0 unspecified atom stereocenters. The Balaban J connectivity index is 2.09. The van der Waals surface area contributed by atoms with Crippen LogP contribution in [-0.4, -0.2) is 19.9 Å². The number of hydrogen-bond donors (Lipinski definition) is 1. The van der Waals surface area contributed by atoms with Crippen LogP contribution in [0.2, 0.25) is 0 Å². The Bertz CT molecular complexity index is 711. The number of nitrogens with two attached hydrogens (primary N) is 1. The van der Waals surface area contributed by atoms with E-state index in [4.69, 9.17) is 5.73 Å². The summed E-state index contributed by atoms with van der Waals surface area (Å²) in [6.45, 7) is 2.12. The molecule has 0 aliphatic heterocycles. The van der Waals surface area contributed by atoms with E-state index in [1.807, 2.05) is 0 Å². The summed E-state index contributed by atoms with van der Waals surface area (Å²) in [6, 6.07) is 2.12. The summed E-state index contributed by atoms with van der Waals surface area (Å²) in [5.41, 5.74) is 5.76. The Kier molecular flexibility index (Phi) is 3.31. The highest BCUT2D eigenvalue weighted by Crippen LogP contribution is 2.34. The van der Waals surface area contributed by atoms with Gasteiger partial charge in [0.05, 0.1) is 6.20 Å². The van der Waals surface area contributed by atoms with Crippen molar-refractivity contribution in [2.24, 2.45) is 0 Å². The summed E-state index contributed by atoms with van der Waals surface area (Å²) in [5, 5.41) is 2.66. The number of anilines is 1. The SMILES string of the molecule is CCc1cc2c(Sc3cnccn3)nc(N)nc2s1. The van der Waals surface area contributed by atoms with E-state index in [-0.39, 0.29) is 0 Å². The lowest BCUT2D eigenvalue weighted by Gasteiger charge is -2.01. The van der Waals surface area contributed by atoms with Gasteiger partial charge in [-0.3, -0.25) is 4.98 Å². The van der Waals surface area contributed by atoms with E-state index in [2.05, 4.69) is 32.9 Å². The van der Waals surface area contributed by atoms with Gasteiger partial charge in [-0.25, -0.2) is 15.0 Å². The predicted molar refractivity (Wildman–Crippen MR) is 77.4 cm³/mol. The van der Waals surface area contributed by atoms with Gasteiger partial charge in [0, 0.05) is 22.7 Å². The fraction of sp³-hybridized carbons (Fsp3) is 0.167. The normalized spacial score (nSPS) is 11.0. The number of hydrogen-bond acceptors (Lipinski definition) is 7. The first kappa shape index (κ1) is 12.3. The number of aryl methyl sites for hydroxylation is 1. The highest BCUT2D eigenvalue weighted by molar-refractivity contribution is 7.99. The molecule has 0 aromatic carbocycles. The van der Waals surface area contributed by atoms with Crippen LogP contribution in [0.3, 0.4) is 0 Å². The number of thiophene rings is 1. The van der Waals surface area contributed by atoms with Crippen LogP contribution in [0.4, 0.5) is 5.95 Å². The molecule has 0 bridgehead atoms. The molecule has 0 saturated heterocycles. The highest BCUT2D eigenvalue weighted by Gasteiger charge is 2.12. The lowest BCUT2D eigenvalue weighted by Crippen LogP contribution is -1.95. The van der Waals surface area contributed by atoms with Crippen LogP contribution in [0.5, 0.6) is 0 Å². The minimum absolute atomic E-state index is 0.295. The van der Waals surface area contributed by atoms with E-state index in [0.29, 0.717) is 5.95 Å². The quantitative estimate of drug-likeness (QED) is 0.747. The third-order valence-corrected chi connectivity index (χ3v) is 4.61. The molecule has 3 aromatic heterocycles. The minimum Gasteiger partial charge on any atom is -0.368 e. The first-order valence-electron chi connectivity index (χ1n) is 5.76. The van der Waals surface area contributed by atoms with Gasteiger partial charge in [0.25, 0.3) is 0 Å². The monoisotopic (exact) mass is 289 g/mol. The predicted octanol–water partition coefficient (Wildman–Crippen LogP) is 2.78. The van der Waals surface area contributed by atoms with E-state index < -0.39 is 0 Å². The van der Waals surface area contributed by atoms with E-state index >= 15 is 0 Å². The first-order valence-corrected chi connectivity index (χ1v) is 7.39. The molecule has 0 atom stereocenters. The van der Waals surface area contributed by atoms with Crippen LogP contribution in [0, 0.1) is 0 Å². The zero-order valence-electron chi connectivity index (χ0n) is 10.2. The maximum Gasteiger partial charge on any atom is 0.222 e. The Morgan fingerprint density at radius 1 is 1.32 bits per heavy atom. The molecule has 0 spiro atoms. The Labute approximate surface area is 118 Å². The van der Waals surface area contributed by atoms with Gasteiger partial charge in [0.2, 0.25) is 5.95 Å². The van der Waals surface area contributed by atoms with Crippen molar-refractivity contribution >= 4 is 39.3 Å². The van der Waals surface area contributed by atoms with Crippen LogP contribution < -0.4 is 5.73 Å². The van der Waals surface area contributed by atoms with Gasteiger partial charge in [-0.1, -0.05) is 6.92 Å². The third kappa shape index (κ3) is 2.52. The largest absolute Gasteiger partial charge is 0.368 e. The molecule has 0 fully saturated rings. The average Bonchev–Trinajstić information content (AvgIpc) is 2.83. The van der Waals surface area contributed by atoms with Crippen molar-refractivity contribution in [1.29, 1.82) is 0 Å². The van der Waals surface area contributed by atoms with Gasteiger partial charge in [-0.05, 0) is 24.2 Å². The molecule has 96 valence electrons. The van der Waals surface area contributed by atoms with Gasteiger partial charge in [0.15, 0.2) is 0 Å². The molecule has 0 aliphatic carbocycles. The summed E-state index contributed by atoms with van der Waals surface area (Å²) in [6.07, 6.45) is 6.00. The van der Waals surface area contributed by atoms with E-state index in [0.717, 1.165) is 26.7 Å². The number of fused-ring (bicyclic) bond motifs is 1. The molecule has 7 heteroatoms. The lowest BCUT2D eigenvalue weighted by atomic mass is 10.3. The zero-order valence-corrected chi connectivity index (χ0v) is 11.8. The molecule has 3 rings (SSSR count). The van der Waals surface area contributed by atoms with Crippen molar-refractivity contribution in [3.63, 3.8) is 0 Å². The summed E-state index contributed by atoms with van der Waals surface area (Å²) >= 11 is 3.11. The van der Waals surface area contributed by atoms with Gasteiger partial charge in [-0.15, -0.1) is 11.3 Å². The second-order valence-electron chi connectivity index (χ2n) is 3.82. The van der Waals surface area contributed by atoms with Crippen LogP contribution in [0.15, 0.2) is 34.7 Å². The van der Waals surface area contributed by atoms with Crippen molar-refractivity contribution in [2.45, 2.75) is 23.4 Å². The molecule has 0 saturated carbocycles. The Morgan fingerprint density at radius 2 is 2.21 bits per heavy atom. The fourth-order valence-electron chi connectivity index (χ4n) is 1.65. The van der Waals surface area contributed by atoms with Gasteiger partial charge in [0.1, 0.15) is 14.9 Å². The molecule has 0 amide bonds. The Hall–Kier alpha value is -1.73. The summed E-state index contributed by atoms with van der Waals surface area (Å²) < 4.78 is 0.